The largest absolute Gasteiger partial charge is 0.303 e. The quantitative estimate of drug-likeness (QED) is 0.105. The maximum Gasteiger partial charge on any atom is 0.246 e. The van der Waals surface area contributed by atoms with Crippen molar-refractivity contribution in [3.05, 3.63) is 55.9 Å². The Hall–Kier alpha value is -2.31. The molecule has 0 atom stereocenters. The van der Waals surface area contributed by atoms with E-state index in [0.717, 1.165) is 44.8 Å². The van der Waals surface area contributed by atoms with Gasteiger partial charge in [0.2, 0.25) is 11.4 Å². The van der Waals surface area contributed by atoms with Crippen molar-refractivity contribution in [1.82, 2.24) is 0 Å². The number of rotatable bonds is 17. The zero-order valence-electron chi connectivity index (χ0n) is 16.3. The molecule has 0 aliphatic carbocycles. The molecule has 0 aliphatic rings. The molecule has 0 aromatic rings. The van der Waals surface area contributed by atoms with Gasteiger partial charge in [0.05, 0.1) is 16.3 Å². The molecule has 7 heteroatoms. The molecule has 27 heavy (non-hydrogen) atoms. The number of carbonyl (C=O) groups excluding carboxylic acids is 1. The highest BCUT2D eigenvalue weighted by Crippen LogP contribution is 2.15. The van der Waals surface area contributed by atoms with Crippen molar-refractivity contribution in [1.29, 1.82) is 0 Å². The number of hydrogen-bond acceptors (Lipinski definition) is 5. The van der Waals surface area contributed by atoms with Crippen LogP contribution in [0.15, 0.2) is 35.7 Å². The second-order valence-electron chi connectivity index (χ2n) is 6.43. The van der Waals surface area contributed by atoms with E-state index in [0.29, 0.717) is 19.3 Å². The number of carbonyl (C=O) groups is 1. The molecule has 0 aromatic heterocycles. The van der Waals surface area contributed by atoms with Crippen molar-refractivity contribution in [2.24, 2.45) is 0 Å². The lowest BCUT2D eigenvalue weighted by atomic mass is 10.1. The molecule has 0 radical (unpaired) electrons. The SMILES string of the molecule is CCCCC/C=C/C/C=C(/C/C=C(/CCCCCCC=O)[N+](=O)[O-])[N+](=O)[O-]. The van der Waals surface area contributed by atoms with E-state index in [4.69, 9.17) is 0 Å². The first-order valence-electron chi connectivity index (χ1n) is 9.78. The normalized spacial score (nSPS) is 12.5. The Morgan fingerprint density at radius 1 is 0.815 bits per heavy atom. The van der Waals surface area contributed by atoms with Crippen LogP contribution < -0.4 is 0 Å². The van der Waals surface area contributed by atoms with Gasteiger partial charge in [-0.2, -0.15) is 0 Å². The fourth-order valence-corrected chi connectivity index (χ4v) is 2.54. The summed E-state index contributed by atoms with van der Waals surface area (Å²) < 4.78 is 0. The zero-order valence-corrected chi connectivity index (χ0v) is 16.3. The summed E-state index contributed by atoms with van der Waals surface area (Å²) in [5, 5.41) is 22.3. The maximum atomic E-state index is 11.1. The maximum absolute atomic E-state index is 11.1. The van der Waals surface area contributed by atoms with Crippen LogP contribution >= 0.6 is 0 Å². The third-order valence-electron chi connectivity index (χ3n) is 4.15. The second-order valence-corrected chi connectivity index (χ2v) is 6.43. The number of nitro groups is 2. The number of nitrogens with zero attached hydrogens (tertiary/aromatic N) is 2. The van der Waals surface area contributed by atoms with Gasteiger partial charge < -0.3 is 4.79 Å². The molecule has 152 valence electrons. The van der Waals surface area contributed by atoms with Crippen LogP contribution in [0, 0.1) is 20.2 Å². The van der Waals surface area contributed by atoms with Crippen molar-refractivity contribution in [3.8, 4) is 0 Å². The van der Waals surface area contributed by atoms with E-state index in [1.807, 2.05) is 12.2 Å². The molecule has 0 bridgehead atoms. The third-order valence-corrected chi connectivity index (χ3v) is 4.15. The number of unbranched alkanes of at least 4 members (excludes halogenated alkanes) is 7. The standard InChI is InChI=1S/C20H32N2O5/c1-2-3-4-5-6-8-11-14-19(21(24)25)16-17-20(22(26)27)15-12-9-7-10-13-18-23/h6,8,14,17-18H,2-5,7,9-13,15-16H2,1H3/b8-6+,19-14-,20-17-. The smallest absolute Gasteiger partial charge is 0.246 e. The van der Waals surface area contributed by atoms with Gasteiger partial charge in [-0.25, -0.2) is 0 Å². The van der Waals surface area contributed by atoms with E-state index >= 15 is 0 Å². The topological polar surface area (TPSA) is 103 Å². The molecule has 7 nitrogen and oxygen atoms in total. The predicted molar refractivity (Wildman–Crippen MR) is 106 cm³/mol. The Morgan fingerprint density at radius 3 is 2.11 bits per heavy atom. The Kier molecular flexibility index (Phi) is 15.7. The zero-order chi connectivity index (χ0) is 20.3. The molecular weight excluding hydrogens is 348 g/mol. The highest BCUT2D eigenvalue weighted by atomic mass is 16.6. The van der Waals surface area contributed by atoms with Crippen LogP contribution in [-0.2, 0) is 4.79 Å². The third kappa shape index (κ3) is 14.5. The molecule has 0 spiro atoms. The molecule has 0 unspecified atom stereocenters. The molecule has 0 aromatic carbocycles. The summed E-state index contributed by atoms with van der Waals surface area (Å²) >= 11 is 0. The van der Waals surface area contributed by atoms with Crippen molar-refractivity contribution < 1.29 is 14.6 Å². The minimum Gasteiger partial charge on any atom is -0.303 e. The first-order valence-corrected chi connectivity index (χ1v) is 9.78. The highest BCUT2D eigenvalue weighted by Gasteiger charge is 2.14. The Labute approximate surface area is 161 Å². The monoisotopic (exact) mass is 380 g/mol. The average molecular weight is 380 g/mol. The summed E-state index contributed by atoms with van der Waals surface area (Å²) in [6, 6.07) is 0. The fraction of sp³-hybridized carbons (Fsp3) is 0.650. The molecule has 0 saturated carbocycles. The summed E-state index contributed by atoms with van der Waals surface area (Å²) in [4.78, 5) is 31.6. The van der Waals surface area contributed by atoms with Crippen LogP contribution in [0.2, 0.25) is 0 Å². The highest BCUT2D eigenvalue weighted by molar-refractivity contribution is 5.48. The minimum absolute atomic E-state index is 0.0152. The van der Waals surface area contributed by atoms with Crippen LogP contribution in [0.25, 0.3) is 0 Å². The van der Waals surface area contributed by atoms with Gasteiger partial charge in [-0.1, -0.05) is 44.8 Å². The second kappa shape index (κ2) is 17.1. The molecule has 0 saturated heterocycles. The minimum atomic E-state index is -0.474. The van der Waals surface area contributed by atoms with Gasteiger partial charge >= 0.3 is 0 Å². The van der Waals surface area contributed by atoms with E-state index < -0.39 is 9.85 Å². The van der Waals surface area contributed by atoms with E-state index in [1.54, 1.807) is 0 Å². The van der Waals surface area contributed by atoms with Gasteiger partial charge in [0, 0.05) is 12.8 Å². The van der Waals surface area contributed by atoms with E-state index in [1.165, 1.54) is 18.6 Å². The van der Waals surface area contributed by atoms with Crippen LogP contribution in [0.5, 0.6) is 0 Å². The van der Waals surface area contributed by atoms with Gasteiger partial charge in [0.25, 0.3) is 0 Å². The van der Waals surface area contributed by atoms with Crippen LogP contribution in [0.4, 0.5) is 0 Å². The lowest BCUT2D eigenvalue weighted by molar-refractivity contribution is -0.432. The van der Waals surface area contributed by atoms with Gasteiger partial charge in [-0.3, -0.25) is 20.2 Å². The Bertz CT molecular complexity index is 538. The van der Waals surface area contributed by atoms with Crippen LogP contribution in [0.1, 0.15) is 84.0 Å². The summed E-state index contributed by atoms with van der Waals surface area (Å²) in [5.41, 5.74) is 0.00628. The predicted octanol–water partition coefficient (Wildman–Crippen LogP) is 5.76. The molecule has 0 heterocycles. The lowest BCUT2D eigenvalue weighted by Gasteiger charge is -2.00. The molecule has 0 amide bonds. The summed E-state index contributed by atoms with van der Waals surface area (Å²) in [6.07, 6.45) is 16.4. The number of hydrogen-bond donors (Lipinski definition) is 0. The van der Waals surface area contributed by atoms with Gasteiger partial charge in [0.1, 0.15) is 6.29 Å². The van der Waals surface area contributed by atoms with E-state index in [9.17, 15) is 25.0 Å². The van der Waals surface area contributed by atoms with Gasteiger partial charge in [-0.05, 0) is 44.3 Å². The average Bonchev–Trinajstić information content (AvgIpc) is 2.63. The summed E-state index contributed by atoms with van der Waals surface area (Å²) in [5.74, 6) is 0. The van der Waals surface area contributed by atoms with Crippen molar-refractivity contribution >= 4 is 6.29 Å². The van der Waals surface area contributed by atoms with E-state index in [-0.39, 0.29) is 24.2 Å². The molecular formula is C20H32N2O5. The Balaban J connectivity index is 4.51. The Morgan fingerprint density at radius 2 is 1.48 bits per heavy atom. The fourth-order valence-electron chi connectivity index (χ4n) is 2.54. The number of aldehydes is 1. The molecule has 0 rings (SSSR count). The lowest BCUT2D eigenvalue weighted by Crippen LogP contribution is -2.02. The van der Waals surface area contributed by atoms with E-state index in [2.05, 4.69) is 6.92 Å². The van der Waals surface area contributed by atoms with Crippen LogP contribution in [0.3, 0.4) is 0 Å². The first-order chi connectivity index (χ1) is 13.0. The first kappa shape index (κ1) is 24.7. The van der Waals surface area contributed by atoms with Crippen LogP contribution in [-0.4, -0.2) is 16.1 Å². The summed E-state index contributed by atoms with van der Waals surface area (Å²) in [6.45, 7) is 2.14. The molecule has 0 aliphatic heterocycles. The molecule has 0 fully saturated rings. The summed E-state index contributed by atoms with van der Waals surface area (Å²) in [7, 11) is 0. The van der Waals surface area contributed by atoms with Crippen molar-refractivity contribution in [2.75, 3.05) is 0 Å². The van der Waals surface area contributed by atoms with Gasteiger partial charge in [-0.15, -0.1) is 0 Å². The number of allylic oxidation sites excluding steroid dienone is 5. The van der Waals surface area contributed by atoms with Gasteiger partial charge in [0.15, 0.2) is 0 Å². The van der Waals surface area contributed by atoms with Crippen molar-refractivity contribution in [3.63, 3.8) is 0 Å². The molecule has 0 N–H and O–H groups in total. The van der Waals surface area contributed by atoms with Crippen molar-refractivity contribution in [2.45, 2.75) is 84.0 Å².